The SMILES string of the molecule is C=CCC(C)N1CCC(NC)C(C)C1C. The average Bonchev–Trinajstić information content (AvgIpc) is 2.22. The van der Waals surface area contributed by atoms with Gasteiger partial charge in [-0.05, 0) is 39.7 Å². The Morgan fingerprint density at radius 3 is 2.73 bits per heavy atom. The Kier molecular flexibility index (Phi) is 4.81. The number of nitrogens with one attached hydrogen (secondary N) is 1. The first kappa shape index (κ1) is 12.7. The third-order valence-corrected chi connectivity index (χ3v) is 4.06. The minimum Gasteiger partial charge on any atom is -0.317 e. The summed E-state index contributed by atoms with van der Waals surface area (Å²) in [6, 6.07) is 2.00. The summed E-state index contributed by atoms with van der Waals surface area (Å²) in [5, 5.41) is 3.43. The van der Waals surface area contributed by atoms with Crippen molar-refractivity contribution in [2.45, 2.75) is 51.7 Å². The maximum Gasteiger partial charge on any atom is 0.0117 e. The van der Waals surface area contributed by atoms with Gasteiger partial charge < -0.3 is 5.32 Å². The fourth-order valence-corrected chi connectivity index (χ4v) is 2.80. The van der Waals surface area contributed by atoms with Crippen LogP contribution in [0.4, 0.5) is 0 Å². The Bertz CT molecular complexity index is 203. The van der Waals surface area contributed by atoms with Crippen molar-refractivity contribution in [1.29, 1.82) is 0 Å². The molecule has 0 aromatic carbocycles. The van der Waals surface area contributed by atoms with E-state index in [2.05, 4.69) is 44.6 Å². The predicted molar refractivity (Wildman–Crippen MR) is 67.1 cm³/mol. The number of hydrogen-bond acceptors (Lipinski definition) is 2. The lowest BCUT2D eigenvalue weighted by molar-refractivity contribution is 0.0560. The number of hydrogen-bond donors (Lipinski definition) is 1. The molecule has 0 aromatic rings. The molecule has 1 fully saturated rings. The summed E-state index contributed by atoms with van der Waals surface area (Å²) in [4.78, 5) is 2.63. The van der Waals surface area contributed by atoms with E-state index in [0.29, 0.717) is 18.1 Å². The van der Waals surface area contributed by atoms with Crippen LogP contribution in [0.25, 0.3) is 0 Å². The van der Waals surface area contributed by atoms with Gasteiger partial charge in [-0.1, -0.05) is 13.0 Å². The molecule has 2 nitrogen and oxygen atoms in total. The van der Waals surface area contributed by atoms with E-state index in [1.165, 1.54) is 13.0 Å². The van der Waals surface area contributed by atoms with Crippen LogP contribution in [-0.4, -0.2) is 36.6 Å². The van der Waals surface area contributed by atoms with Gasteiger partial charge in [0.15, 0.2) is 0 Å². The minimum atomic E-state index is 0.637. The number of nitrogens with zero attached hydrogens (tertiary/aromatic N) is 1. The van der Waals surface area contributed by atoms with Crippen molar-refractivity contribution in [2.24, 2.45) is 5.92 Å². The highest BCUT2D eigenvalue weighted by Crippen LogP contribution is 2.26. The van der Waals surface area contributed by atoms with Crippen LogP contribution in [0, 0.1) is 5.92 Å². The summed E-state index contributed by atoms with van der Waals surface area (Å²) in [5.74, 6) is 0.732. The van der Waals surface area contributed by atoms with Gasteiger partial charge in [0.05, 0.1) is 0 Å². The van der Waals surface area contributed by atoms with Gasteiger partial charge in [-0.15, -0.1) is 6.58 Å². The van der Waals surface area contributed by atoms with E-state index in [1.807, 2.05) is 6.08 Å². The molecule has 88 valence electrons. The second kappa shape index (κ2) is 5.66. The second-order valence-corrected chi connectivity index (χ2v) is 4.89. The van der Waals surface area contributed by atoms with Crippen LogP contribution in [0.5, 0.6) is 0 Å². The summed E-state index contributed by atoms with van der Waals surface area (Å²) in [5.41, 5.74) is 0. The molecule has 0 radical (unpaired) electrons. The summed E-state index contributed by atoms with van der Waals surface area (Å²) < 4.78 is 0. The Hall–Kier alpha value is -0.340. The molecule has 0 amide bonds. The molecule has 1 rings (SSSR count). The van der Waals surface area contributed by atoms with Crippen molar-refractivity contribution in [3.05, 3.63) is 12.7 Å². The van der Waals surface area contributed by atoms with Gasteiger partial charge in [-0.2, -0.15) is 0 Å². The molecule has 2 heteroatoms. The van der Waals surface area contributed by atoms with Gasteiger partial charge >= 0.3 is 0 Å². The average molecular weight is 210 g/mol. The van der Waals surface area contributed by atoms with E-state index < -0.39 is 0 Å². The zero-order chi connectivity index (χ0) is 11.4. The number of likely N-dealkylation sites (tertiary alicyclic amines) is 1. The molecule has 0 aliphatic carbocycles. The van der Waals surface area contributed by atoms with E-state index in [9.17, 15) is 0 Å². The molecule has 0 aromatic heterocycles. The first-order chi connectivity index (χ1) is 7.11. The van der Waals surface area contributed by atoms with E-state index >= 15 is 0 Å². The molecule has 1 heterocycles. The van der Waals surface area contributed by atoms with Gasteiger partial charge in [0.2, 0.25) is 0 Å². The number of rotatable bonds is 4. The van der Waals surface area contributed by atoms with Crippen LogP contribution in [0.1, 0.15) is 33.6 Å². The largest absolute Gasteiger partial charge is 0.317 e. The summed E-state index contributed by atoms with van der Waals surface area (Å²) in [6.45, 7) is 12.1. The molecule has 1 aliphatic rings. The fourth-order valence-electron chi connectivity index (χ4n) is 2.80. The van der Waals surface area contributed by atoms with Crippen molar-refractivity contribution in [3.63, 3.8) is 0 Å². The molecule has 4 unspecified atom stereocenters. The molecular formula is C13H26N2. The molecule has 0 bridgehead atoms. The molecular weight excluding hydrogens is 184 g/mol. The van der Waals surface area contributed by atoms with E-state index in [0.717, 1.165) is 12.3 Å². The maximum atomic E-state index is 3.83. The molecule has 15 heavy (non-hydrogen) atoms. The highest BCUT2D eigenvalue weighted by atomic mass is 15.2. The van der Waals surface area contributed by atoms with Crippen LogP contribution in [0.3, 0.4) is 0 Å². The fraction of sp³-hybridized carbons (Fsp3) is 0.846. The van der Waals surface area contributed by atoms with Crippen LogP contribution >= 0.6 is 0 Å². The van der Waals surface area contributed by atoms with Gasteiger partial charge in [-0.25, -0.2) is 0 Å². The number of piperidine rings is 1. The van der Waals surface area contributed by atoms with Crippen LogP contribution in [-0.2, 0) is 0 Å². The molecule has 1 aliphatic heterocycles. The quantitative estimate of drug-likeness (QED) is 0.716. The first-order valence-electron chi connectivity index (χ1n) is 6.15. The summed E-state index contributed by atoms with van der Waals surface area (Å²) >= 11 is 0. The summed E-state index contributed by atoms with van der Waals surface area (Å²) in [7, 11) is 2.08. The monoisotopic (exact) mass is 210 g/mol. The van der Waals surface area contributed by atoms with E-state index in [4.69, 9.17) is 0 Å². The Labute approximate surface area is 94.7 Å². The third kappa shape index (κ3) is 2.82. The van der Waals surface area contributed by atoms with Gasteiger partial charge in [0.25, 0.3) is 0 Å². The molecule has 1 saturated heterocycles. The van der Waals surface area contributed by atoms with Crippen molar-refractivity contribution in [1.82, 2.24) is 10.2 Å². The molecule has 0 saturated carbocycles. The van der Waals surface area contributed by atoms with Crippen LogP contribution in [0.15, 0.2) is 12.7 Å². The van der Waals surface area contributed by atoms with Crippen molar-refractivity contribution >= 4 is 0 Å². The van der Waals surface area contributed by atoms with E-state index in [1.54, 1.807) is 0 Å². The van der Waals surface area contributed by atoms with Crippen molar-refractivity contribution in [2.75, 3.05) is 13.6 Å². The predicted octanol–water partition coefficient (Wildman–Crippen LogP) is 2.27. The first-order valence-corrected chi connectivity index (χ1v) is 6.15. The Morgan fingerprint density at radius 1 is 1.53 bits per heavy atom. The van der Waals surface area contributed by atoms with E-state index in [-0.39, 0.29) is 0 Å². The maximum absolute atomic E-state index is 3.83. The van der Waals surface area contributed by atoms with Crippen LogP contribution < -0.4 is 5.32 Å². The molecule has 4 atom stereocenters. The summed E-state index contributed by atoms with van der Waals surface area (Å²) in [6.07, 6.45) is 4.40. The lowest BCUT2D eigenvalue weighted by Gasteiger charge is -2.45. The van der Waals surface area contributed by atoms with Crippen molar-refractivity contribution < 1.29 is 0 Å². The standard InChI is InChI=1S/C13H26N2/c1-6-7-10(2)15-9-8-13(14-5)11(3)12(15)4/h6,10-14H,1,7-9H2,2-5H3. The Balaban J connectivity index is 2.59. The Morgan fingerprint density at radius 2 is 2.20 bits per heavy atom. The molecule has 0 spiro atoms. The lowest BCUT2D eigenvalue weighted by Crippen LogP contribution is -2.55. The van der Waals surface area contributed by atoms with Crippen molar-refractivity contribution in [3.8, 4) is 0 Å². The van der Waals surface area contributed by atoms with Gasteiger partial charge in [-0.3, -0.25) is 4.90 Å². The second-order valence-electron chi connectivity index (χ2n) is 4.89. The van der Waals surface area contributed by atoms with Gasteiger partial charge in [0, 0.05) is 24.7 Å². The smallest absolute Gasteiger partial charge is 0.0117 e. The molecule has 1 N–H and O–H groups in total. The normalized spacial score (nSPS) is 35.1. The topological polar surface area (TPSA) is 15.3 Å². The lowest BCUT2D eigenvalue weighted by atomic mass is 9.86. The van der Waals surface area contributed by atoms with Gasteiger partial charge in [0.1, 0.15) is 0 Å². The van der Waals surface area contributed by atoms with Crippen LogP contribution in [0.2, 0.25) is 0 Å². The zero-order valence-corrected chi connectivity index (χ0v) is 10.7. The minimum absolute atomic E-state index is 0.637. The third-order valence-electron chi connectivity index (χ3n) is 4.06. The highest BCUT2D eigenvalue weighted by molar-refractivity contribution is 4.91. The highest BCUT2D eigenvalue weighted by Gasteiger charge is 2.33. The zero-order valence-electron chi connectivity index (χ0n) is 10.7.